The second kappa shape index (κ2) is 3.46. The van der Waals surface area contributed by atoms with Crippen LogP contribution in [0, 0.1) is 19.5 Å². The maximum atomic E-state index is 4.34. The standard InChI is InChI=1S/C16H20N2/c1-17-10-14-15(16(11-17)8-5-9-16)12-6-3-4-7-13(12)18(14)2/h3-4,6-7,17-18H,1-2,5,8-11H2. The minimum absolute atomic E-state index is 0.417. The lowest BCUT2D eigenvalue weighted by Gasteiger charge is -2.48. The lowest BCUT2D eigenvalue weighted by atomic mass is 9.61. The van der Waals surface area contributed by atoms with Crippen LogP contribution in [0.15, 0.2) is 30.0 Å². The van der Waals surface area contributed by atoms with Crippen molar-refractivity contribution in [2.24, 2.45) is 5.41 Å². The molecule has 2 atom stereocenters. The number of rotatable bonds is 0. The first-order valence-electron chi connectivity index (χ1n) is 6.91. The monoisotopic (exact) mass is 240 g/mol. The van der Waals surface area contributed by atoms with E-state index in [4.69, 9.17) is 0 Å². The van der Waals surface area contributed by atoms with E-state index in [1.165, 1.54) is 52.6 Å². The summed E-state index contributed by atoms with van der Waals surface area (Å²) in [7, 11) is 8.61. The molecule has 0 radical (unpaired) electrons. The summed E-state index contributed by atoms with van der Waals surface area (Å²) in [6, 6.07) is 8.81. The van der Waals surface area contributed by atoms with E-state index in [9.17, 15) is 0 Å². The Bertz CT molecular complexity index is 540. The highest BCUT2D eigenvalue weighted by atomic mass is 15.2. The lowest BCUT2D eigenvalue weighted by molar-refractivity contribution is -0.879. The van der Waals surface area contributed by atoms with Gasteiger partial charge in [0.1, 0.15) is 17.9 Å². The Balaban J connectivity index is 1.93. The predicted octanol–water partition coefficient (Wildman–Crippen LogP) is 0.580. The van der Waals surface area contributed by atoms with Crippen LogP contribution in [-0.2, 0) is 0 Å². The van der Waals surface area contributed by atoms with E-state index in [1.54, 1.807) is 5.57 Å². The topological polar surface area (TPSA) is 8.88 Å². The zero-order chi connectivity index (χ0) is 12.3. The fourth-order valence-corrected chi connectivity index (χ4v) is 4.15. The average molecular weight is 240 g/mol. The van der Waals surface area contributed by atoms with E-state index in [-0.39, 0.29) is 0 Å². The van der Waals surface area contributed by atoms with E-state index in [0.717, 1.165) is 6.54 Å². The predicted molar refractivity (Wildman–Crippen MR) is 71.7 cm³/mol. The number of hydrogen-bond donors (Lipinski definition) is 2. The molecule has 2 heterocycles. The van der Waals surface area contributed by atoms with Crippen LogP contribution in [0.5, 0.6) is 0 Å². The van der Waals surface area contributed by atoms with Crippen molar-refractivity contribution < 1.29 is 9.80 Å². The summed E-state index contributed by atoms with van der Waals surface area (Å²) in [5.41, 5.74) is 6.36. The van der Waals surface area contributed by atoms with Crippen molar-refractivity contribution in [3.63, 3.8) is 0 Å². The highest BCUT2D eigenvalue weighted by molar-refractivity contribution is 5.82. The summed E-state index contributed by atoms with van der Waals surface area (Å²) >= 11 is 0. The van der Waals surface area contributed by atoms with Gasteiger partial charge in [-0.3, -0.25) is 0 Å². The third-order valence-electron chi connectivity index (χ3n) is 5.04. The zero-order valence-corrected chi connectivity index (χ0v) is 10.8. The number of para-hydroxylation sites is 1. The van der Waals surface area contributed by atoms with E-state index in [2.05, 4.69) is 38.4 Å². The van der Waals surface area contributed by atoms with Crippen LogP contribution in [0.1, 0.15) is 24.8 Å². The summed E-state index contributed by atoms with van der Waals surface area (Å²) in [5.74, 6) is 0. The maximum absolute atomic E-state index is 4.34. The molecule has 2 aliphatic heterocycles. The molecule has 0 saturated heterocycles. The number of fused-ring (bicyclic) bond motifs is 3. The Hall–Kier alpha value is -1.12. The molecule has 1 spiro atoms. The molecule has 2 heteroatoms. The van der Waals surface area contributed by atoms with E-state index in [1.807, 2.05) is 0 Å². The van der Waals surface area contributed by atoms with Crippen LogP contribution in [0.25, 0.3) is 5.57 Å². The Labute approximate surface area is 109 Å². The minimum atomic E-state index is 0.417. The second-order valence-corrected chi connectivity index (χ2v) is 6.12. The Morgan fingerprint density at radius 1 is 1.11 bits per heavy atom. The smallest absolute Gasteiger partial charge is 0.144 e. The van der Waals surface area contributed by atoms with Crippen LogP contribution in [-0.4, -0.2) is 13.1 Å². The first-order valence-corrected chi connectivity index (χ1v) is 6.91. The molecule has 1 aliphatic carbocycles. The summed E-state index contributed by atoms with van der Waals surface area (Å²) in [4.78, 5) is 2.66. The van der Waals surface area contributed by atoms with Gasteiger partial charge in [0.05, 0.1) is 6.54 Å². The maximum Gasteiger partial charge on any atom is 0.144 e. The van der Waals surface area contributed by atoms with Gasteiger partial charge in [-0.05, 0) is 25.0 Å². The number of quaternary nitrogens is 2. The minimum Gasteiger partial charge on any atom is -0.459 e. The van der Waals surface area contributed by atoms with Crippen molar-refractivity contribution in [1.29, 1.82) is 0 Å². The van der Waals surface area contributed by atoms with Crippen molar-refractivity contribution in [2.75, 3.05) is 13.1 Å². The molecule has 3 aliphatic rings. The Morgan fingerprint density at radius 3 is 2.61 bits per heavy atom. The quantitative estimate of drug-likeness (QED) is 0.614. The molecule has 1 aromatic carbocycles. The number of hydrogen-bond acceptors (Lipinski definition) is 0. The molecule has 1 saturated carbocycles. The molecule has 94 valence electrons. The summed E-state index contributed by atoms with van der Waals surface area (Å²) in [5, 5.41) is 0. The van der Waals surface area contributed by atoms with Gasteiger partial charge in [0, 0.05) is 16.6 Å². The molecule has 1 fully saturated rings. The molecule has 0 amide bonds. The molecule has 2 unspecified atom stereocenters. The summed E-state index contributed by atoms with van der Waals surface area (Å²) < 4.78 is 0. The normalized spacial score (nSPS) is 32.1. The molecular formula is C16H20N2. The van der Waals surface area contributed by atoms with Gasteiger partial charge in [-0.25, -0.2) is 0 Å². The van der Waals surface area contributed by atoms with E-state index < -0.39 is 0 Å². The Morgan fingerprint density at radius 2 is 1.89 bits per heavy atom. The van der Waals surface area contributed by atoms with Crippen molar-refractivity contribution in [3.05, 3.63) is 49.6 Å². The SMILES string of the molecule is [CH2-][NH+]1CC2=C(c3ccccc3[NH+]2[CH2-])C2(CCC2)C1. The van der Waals surface area contributed by atoms with E-state index in [0.29, 0.717) is 5.41 Å². The molecule has 0 aromatic heterocycles. The molecule has 18 heavy (non-hydrogen) atoms. The van der Waals surface area contributed by atoms with Crippen molar-refractivity contribution in [1.82, 2.24) is 0 Å². The van der Waals surface area contributed by atoms with Crippen LogP contribution in [0.3, 0.4) is 0 Å². The Kier molecular flexibility index (Phi) is 2.07. The highest BCUT2D eigenvalue weighted by Crippen LogP contribution is 2.54. The van der Waals surface area contributed by atoms with Crippen LogP contribution in [0.4, 0.5) is 5.69 Å². The van der Waals surface area contributed by atoms with Gasteiger partial charge in [0.2, 0.25) is 0 Å². The fraction of sp³-hybridized carbons (Fsp3) is 0.375. The number of nitrogens with one attached hydrogen (secondary N) is 2. The molecular weight excluding hydrogens is 220 g/mol. The fourth-order valence-electron chi connectivity index (χ4n) is 4.15. The average Bonchev–Trinajstić information content (AvgIpc) is 2.61. The van der Waals surface area contributed by atoms with Crippen LogP contribution >= 0.6 is 0 Å². The van der Waals surface area contributed by atoms with Gasteiger partial charge in [0.15, 0.2) is 0 Å². The highest BCUT2D eigenvalue weighted by Gasteiger charge is 2.51. The lowest BCUT2D eigenvalue weighted by Crippen LogP contribution is -3.14. The van der Waals surface area contributed by atoms with Gasteiger partial charge in [-0.2, -0.15) is 7.05 Å². The van der Waals surface area contributed by atoms with Crippen LogP contribution < -0.4 is 9.80 Å². The third-order valence-corrected chi connectivity index (χ3v) is 5.04. The molecule has 4 rings (SSSR count). The molecule has 1 aromatic rings. The van der Waals surface area contributed by atoms with Crippen molar-refractivity contribution in [3.8, 4) is 0 Å². The first kappa shape index (κ1) is 10.8. The van der Waals surface area contributed by atoms with Gasteiger partial charge in [0.25, 0.3) is 0 Å². The number of benzene rings is 1. The third kappa shape index (κ3) is 1.20. The van der Waals surface area contributed by atoms with Gasteiger partial charge in [-0.15, -0.1) is 7.05 Å². The largest absolute Gasteiger partial charge is 0.459 e. The molecule has 2 nitrogen and oxygen atoms in total. The van der Waals surface area contributed by atoms with Crippen LogP contribution in [0.2, 0.25) is 0 Å². The van der Waals surface area contributed by atoms with E-state index >= 15 is 0 Å². The zero-order valence-electron chi connectivity index (χ0n) is 10.8. The molecule has 2 N–H and O–H groups in total. The van der Waals surface area contributed by atoms with Gasteiger partial charge >= 0.3 is 0 Å². The van der Waals surface area contributed by atoms with Gasteiger partial charge in [-0.1, -0.05) is 18.6 Å². The summed E-state index contributed by atoms with van der Waals surface area (Å²) in [6.45, 7) is 2.25. The second-order valence-electron chi connectivity index (χ2n) is 6.12. The van der Waals surface area contributed by atoms with Crippen molar-refractivity contribution >= 4 is 11.3 Å². The molecule has 0 bridgehead atoms. The first-order chi connectivity index (χ1) is 8.71. The van der Waals surface area contributed by atoms with Crippen molar-refractivity contribution in [2.45, 2.75) is 19.3 Å². The summed E-state index contributed by atoms with van der Waals surface area (Å²) in [6.07, 6.45) is 4.05. The van der Waals surface area contributed by atoms with Gasteiger partial charge < -0.3 is 9.80 Å².